The first-order valence-corrected chi connectivity index (χ1v) is 9.67. The number of aromatic amines is 1. The Bertz CT molecular complexity index is 998. The van der Waals surface area contributed by atoms with Gasteiger partial charge in [-0.15, -0.1) is 0 Å². The van der Waals surface area contributed by atoms with E-state index in [-0.39, 0.29) is 11.2 Å². The van der Waals surface area contributed by atoms with Gasteiger partial charge < -0.3 is 10.1 Å². The topological polar surface area (TPSA) is 67.0 Å². The van der Waals surface area contributed by atoms with Gasteiger partial charge in [0.2, 0.25) is 0 Å². The first-order valence-electron chi connectivity index (χ1n) is 9.67. The van der Waals surface area contributed by atoms with Gasteiger partial charge in [-0.05, 0) is 43.9 Å². The van der Waals surface area contributed by atoms with Crippen LogP contribution in [0.1, 0.15) is 48.3 Å². The first kappa shape index (κ1) is 21.6. The van der Waals surface area contributed by atoms with Crippen LogP contribution in [0.15, 0.2) is 54.7 Å². The van der Waals surface area contributed by atoms with Gasteiger partial charge >= 0.3 is 0 Å². The van der Waals surface area contributed by atoms with Crippen LogP contribution in [0.5, 0.6) is 0 Å². The average molecular weight is 413 g/mol. The lowest BCUT2D eigenvalue weighted by Crippen LogP contribution is -2.22. The van der Waals surface area contributed by atoms with Gasteiger partial charge in [-0.25, -0.2) is 8.78 Å². The van der Waals surface area contributed by atoms with Crippen LogP contribution >= 0.6 is 0 Å². The number of nitrogens with zero attached hydrogens (tertiary/aromatic N) is 1. The van der Waals surface area contributed by atoms with E-state index in [1.807, 2.05) is 36.4 Å². The summed E-state index contributed by atoms with van der Waals surface area (Å²) in [4.78, 5) is 12.5. The number of aromatic nitrogens is 2. The van der Waals surface area contributed by atoms with Crippen molar-refractivity contribution < 1.29 is 18.3 Å². The number of halogens is 2. The van der Waals surface area contributed by atoms with E-state index in [1.165, 1.54) is 5.56 Å². The predicted octanol–water partition coefficient (Wildman–Crippen LogP) is 5.62. The minimum Gasteiger partial charge on any atom is -0.379 e. The van der Waals surface area contributed by atoms with Crippen LogP contribution in [0.4, 0.5) is 14.5 Å². The predicted molar refractivity (Wildman–Crippen MR) is 113 cm³/mol. The number of alkyl halides is 2. The maximum Gasteiger partial charge on any atom is 0.280 e. The Morgan fingerprint density at radius 1 is 1.17 bits per heavy atom. The second-order valence-corrected chi connectivity index (χ2v) is 7.66. The highest BCUT2D eigenvalue weighted by molar-refractivity contribution is 6.06. The van der Waals surface area contributed by atoms with E-state index >= 15 is 0 Å². The molecule has 3 aromatic rings. The molecule has 1 amide bonds. The monoisotopic (exact) mass is 413 g/mol. The van der Waals surface area contributed by atoms with Crippen molar-refractivity contribution in [2.24, 2.45) is 0 Å². The maximum atomic E-state index is 13.0. The molecule has 1 aromatic heterocycles. The molecule has 0 unspecified atom stereocenters. The van der Waals surface area contributed by atoms with Crippen LogP contribution in [0.2, 0.25) is 0 Å². The lowest BCUT2D eigenvalue weighted by Gasteiger charge is -2.22. The number of nitrogens with one attached hydrogen (secondary N) is 2. The number of aryl methyl sites for hydroxylation is 1. The average Bonchev–Trinajstić information content (AvgIpc) is 3.24. The highest BCUT2D eigenvalue weighted by Gasteiger charge is 2.21. The largest absolute Gasteiger partial charge is 0.379 e. The Hall–Kier alpha value is -3.06. The molecule has 2 N–H and O–H groups in total. The number of benzene rings is 2. The Kier molecular flexibility index (Phi) is 6.62. The molecule has 7 heteroatoms. The zero-order valence-corrected chi connectivity index (χ0v) is 17.2. The summed E-state index contributed by atoms with van der Waals surface area (Å²) in [5.74, 6) is -0.634. The van der Waals surface area contributed by atoms with E-state index in [1.54, 1.807) is 19.2 Å². The third kappa shape index (κ3) is 5.10. The molecule has 0 radical (unpaired) electrons. The van der Waals surface area contributed by atoms with E-state index in [0.29, 0.717) is 5.69 Å². The van der Waals surface area contributed by atoms with Gasteiger partial charge in [-0.1, -0.05) is 42.5 Å². The molecular weight excluding hydrogens is 388 g/mol. The van der Waals surface area contributed by atoms with Gasteiger partial charge in [0, 0.05) is 18.4 Å². The molecular formula is C23H25F2N3O2. The summed E-state index contributed by atoms with van der Waals surface area (Å²) in [6.07, 6.45) is 0.0813. The van der Waals surface area contributed by atoms with Gasteiger partial charge in [0.05, 0.1) is 17.4 Å². The van der Waals surface area contributed by atoms with Crippen molar-refractivity contribution in [3.63, 3.8) is 0 Å². The highest BCUT2D eigenvalue weighted by atomic mass is 19.3. The van der Waals surface area contributed by atoms with E-state index in [9.17, 15) is 13.6 Å². The van der Waals surface area contributed by atoms with Gasteiger partial charge in [0.1, 0.15) is 5.69 Å². The molecule has 1 heterocycles. The standard InChI is InChI=1S/C23H25F2N3O2/c1-23(2,30-3)13-12-15-8-10-16(11-9-15)17-6-4-5-7-19(17)27-22(29)18-14-26-28-20(18)21(24)25/h4-11,14,21H,12-13H2,1-3H3,(H,26,28)(H,27,29). The fourth-order valence-corrected chi connectivity index (χ4v) is 3.08. The zero-order valence-electron chi connectivity index (χ0n) is 17.2. The number of rotatable bonds is 8. The summed E-state index contributed by atoms with van der Waals surface area (Å²) in [5.41, 5.74) is 2.60. The van der Waals surface area contributed by atoms with Crippen molar-refractivity contribution in [3.8, 4) is 11.1 Å². The quantitative estimate of drug-likeness (QED) is 0.503. The molecule has 0 bridgehead atoms. The number of ether oxygens (including phenoxy) is 1. The Morgan fingerprint density at radius 2 is 1.87 bits per heavy atom. The van der Waals surface area contributed by atoms with E-state index in [0.717, 1.165) is 30.2 Å². The summed E-state index contributed by atoms with van der Waals surface area (Å²) in [7, 11) is 1.71. The molecule has 0 aliphatic heterocycles. The van der Waals surface area contributed by atoms with Crippen molar-refractivity contribution in [3.05, 3.63) is 71.5 Å². The summed E-state index contributed by atoms with van der Waals surface area (Å²) in [5, 5.41) is 8.47. The van der Waals surface area contributed by atoms with Crippen LogP contribution in [-0.4, -0.2) is 28.8 Å². The first-order chi connectivity index (χ1) is 14.3. The molecule has 2 aromatic carbocycles. The van der Waals surface area contributed by atoms with Crippen molar-refractivity contribution in [2.75, 3.05) is 12.4 Å². The van der Waals surface area contributed by atoms with Crippen molar-refractivity contribution >= 4 is 11.6 Å². The second-order valence-electron chi connectivity index (χ2n) is 7.66. The molecule has 3 rings (SSSR count). The number of amides is 1. The molecule has 0 saturated heterocycles. The number of carbonyl (C=O) groups is 1. The van der Waals surface area contributed by atoms with E-state index in [4.69, 9.17) is 4.74 Å². The molecule has 0 atom stereocenters. The van der Waals surface area contributed by atoms with Gasteiger partial charge in [-0.2, -0.15) is 5.10 Å². The van der Waals surface area contributed by atoms with Gasteiger partial charge in [0.15, 0.2) is 0 Å². The Labute approximate surface area is 174 Å². The molecule has 5 nitrogen and oxygen atoms in total. The smallest absolute Gasteiger partial charge is 0.280 e. The molecule has 0 saturated carbocycles. The maximum absolute atomic E-state index is 13.0. The third-order valence-electron chi connectivity index (χ3n) is 5.14. The fraction of sp³-hybridized carbons (Fsp3) is 0.304. The molecule has 0 fully saturated rings. The number of carbonyl (C=O) groups excluding carboxylic acids is 1. The summed E-state index contributed by atoms with van der Waals surface area (Å²) in [6, 6.07) is 15.3. The Morgan fingerprint density at radius 3 is 2.53 bits per heavy atom. The third-order valence-corrected chi connectivity index (χ3v) is 5.14. The van der Waals surface area contributed by atoms with Crippen LogP contribution < -0.4 is 5.32 Å². The lowest BCUT2D eigenvalue weighted by atomic mass is 9.96. The van der Waals surface area contributed by atoms with Crippen molar-refractivity contribution in [1.29, 1.82) is 0 Å². The normalized spacial score (nSPS) is 11.7. The van der Waals surface area contributed by atoms with Crippen LogP contribution in [0.25, 0.3) is 11.1 Å². The molecule has 158 valence electrons. The van der Waals surface area contributed by atoms with E-state index in [2.05, 4.69) is 29.4 Å². The van der Waals surface area contributed by atoms with Gasteiger partial charge in [-0.3, -0.25) is 9.89 Å². The number of anilines is 1. The molecule has 0 spiro atoms. The van der Waals surface area contributed by atoms with E-state index < -0.39 is 18.0 Å². The van der Waals surface area contributed by atoms with Crippen molar-refractivity contribution in [1.82, 2.24) is 10.2 Å². The number of hydrogen-bond donors (Lipinski definition) is 2. The Balaban J connectivity index is 1.78. The second kappa shape index (κ2) is 9.17. The fourth-order valence-electron chi connectivity index (χ4n) is 3.08. The molecule has 0 aliphatic rings. The number of methoxy groups -OCH3 is 1. The number of hydrogen-bond acceptors (Lipinski definition) is 3. The number of para-hydroxylation sites is 1. The van der Waals surface area contributed by atoms with Gasteiger partial charge in [0.25, 0.3) is 12.3 Å². The number of H-pyrrole nitrogens is 1. The minimum atomic E-state index is -2.81. The van der Waals surface area contributed by atoms with Crippen LogP contribution in [-0.2, 0) is 11.2 Å². The van der Waals surface area contributed by atoms with Crippen LogP contribution in [0, 0.1) is 0 Å². The molecule has 30 heavy (non-hydrogen) atoms. The summed E-state index contributed by atoms with van der Waals surface area (Å²) < 4.78 is 31.5. The molecule has 0 aliphatic carbocycles. The highest BCUT2D eigenvalue weighted by Crippen LogP contribution is 2.30. The lowest BCUT2D eigenvalue weighted by molar-refractivity contribution is 0.0158. The van der Waals surface area contributed by atoms with Crippen molar-refractivity contribution in [2.45, 2.75) is 38.7 Å². The minimum absolute atomic E-state index is 0.170. The van der Waals surface area contributed by atoms with Crippen LogP contribution in [0.3, 0.4) is 0 Å². The SMILES string of the molecule is COC(C)(C)CCc1ccc(-c2ccccc2NC(=O)c2cn[nH]c2C(F)F)cc1. The zero-order chi connectivity index (χ0) is 21.7. The summed E-state index contributed by atoms with van der Waals surface area (Å²) >= 11 is 0. The summed E-state index contributed by atoms with van der Waals surface area (Å²) in [6.45, 7) is 4.11.